The molecular weight excluding hydrogens is 492 g/mol. The lowest BCUT2D eigenvalue weighted by Gasteiger charge is -2.31. The van der Waals surface area contributed by atoms with Crippen molar-refractivity contribution in [2.24, 2.45) is 52.3 Å². The van der Waals surface area contributed by atoms with Crippen LogP contribution in [-0.2, 0) is 28.8 Å². The first-order valence-corrected chi connectivity index (χ1v) is 14.8. The number of ketones is 6. The molecule has 0 radical (unpaired) electrons. The molecule has 6 heteroatoms. The maximum Gasteiger partial charge on any atom is 0.201 e. The minimum absolute atomic E-state index is 0.00519. The summed E-state index contributed by atoms with van der Waals surface area (Å²) in [6.07, 6.45) is 6.37. The Labute approximate surface area is 234 Å². The summed E-state index contributed by atoms with van der Waals surface area (Å²) in [5, 5.41) is 0. The van der Waals surface area contributed by atoms with E-state index < -0.39 is 35.2 Å². The van der Waals surface area contributed by atoms with Gasteiger partial charge in [-0.05, 0) is 53.9 Å². The van der Waals surface area contributed by atoms with E-state index in [0.29, 0.717) is 25.2 Å². The SMILES string of the molecule is C=CC(=O)CCC(CC(=O)CC(C)(C)C)C(=O)C1CC2C(C1C(=O)CC(CC1CCC1)C(=O)C(C)=O)C2(C)C. The van der Waals surface area contributed by atoms with Crippen molar-refractivity contribution < 1.29 is 28.8 Å². The molecule has 6 atom stereocenters. The number of allylic oxidation sites excluding steroid dienone is 1. The molecule has 6 unspecified atom stereocenters. The number of hydrogen-bond donors (Lipinski definition) is 0. The molecule has 3 fully saturated rings. The molecule has 0 amide bonds. The first kappa shape index (κ1) is 31.3. The molecular formula is C33H48O6. The summed E-state index contributed by atoms with van der Waals surface area (Å²) in [6, 6.07) is 0. The highest BCUT2D eigenvalue weighted by molar-refractivity contribution is 6.37. The number of carbonyl (C=O) groups excluding carboxylic acids is 6. The fraction of sp³-hybridized carbons (Fsp3) is 0.758. The summed E-state index contributed by atoms with van der Waals surface area (Å²) >= 11 is 0. The molecule has 0 heterocycles. The van der Waals surface area contributed by atoms with Gasteiger partial charge in [0.2, 0.25) is 5.78 Å². The molecule has 6 nitrogen and oxygen atoms in total. The summed E-state index contributed by atoms with van der Waals surface area (Å²) in [7, 11) is 0. The van der Waals surface area contributed by atoms with Crippen molar-refractivity contribution in [2.45, 2.75) is 106 Å². The van der Waals surface area contributed by atoms with E-state index in [9.17, 15) is 28.8 Å². The number of hydrogen-bond acceptors (Lipinski definition) is 6. The van der Waals surface area contributed by atoms with Crippen molar-refractivity contribution in [3.63, 3.8) is 0 Å². The van der Waals surface area contributed by atoms with Gasteiger partial charge < -0.3 is 0 Å². The molecule has 3 saturated carbocycles. The zero-order valence-corrected chi connectivity index (χ0v) is 24.8. The van der Waals surface area contributed by atoms with Crippen LogP contribution in [0, 0.1) is 52.3 Å². The Bertz CT molecular complexity index is 1020. The van der Waals surface area contributed by atoms with Crippen LogP contribution < -0.4 is 0 Å². The van der Waals surface area contributed by atoms with Crippen LogP contribution in [0.2, 0.25) is 0 Å². The molecule has 3 aliphatic rings. The largest absolute Gasteiger partial charge is 0.300 e. The van der Waals surface area contributed by atoms with Gasteiger partial charge in [-0.3, -0.25) is 28.8 Å². The molecule has 39 heavy (non-hydrogen) atoms. The molecule has 0 saturated heterocycles. The highest BCUT2D eigenvalue weighted by atomic mass is 16.2. The Morgan fingerprint density at radius 3 is 2.15 bits per heavy atom. The van der Waals surface area contributed by atoms with Gasteiger partial charge in [0.1, 0.15) is 17.3 Å². The van der Waals surface area contributed by atoms with Crippen LogP contribution in [-0.4, -0.2) is 34.7 Å². The van der Waals surface area contributed by atoms with Gasteiger partial charge in [0.15, 0.2) is 11.6 Å². The van der Waals surface area contributed by atoms with E-state index in [1.165, 1.54) is 13.0 Å². The van der Waals surface area contributed by atoms with E-state index in [4.69, 9.17) is 0 Å². The van der Waals surface area contributed by atoms with Gasteiger partial charge in [0.25, 0.3) is 0 Å². The molecule has 0 aromatic rings. The summed E-state index contributed by atoms with van der Waals surface area (Å²) in [4.78, 5) is 77.6. The molecule has 0 bridgehead atoms. The van der Waals surface area contributed by atoms with Gasteiger partial charge in [-0.1, -0.05) is 60.5 Å². The average Bonchev–Trinajstić information content (AvgIpc) is 3.14. The number of rotatable bonds is 16. The van der Waals surface area contributed by atoms with Crippen LogP contribution >= 0.6 is 0 Å². The number of Topliss-reactive ketones (excluding diaryl/α,β-unsaturated/α-hetero) is 5. The van der Waals surface area contributed by atoms with E-state index in [2.05, 4.69) is 20.4 Å². The van der Waals surface area contributed by atoms with Crippen LogP contribution in [0.25, 0.3) is 0 Å². The van der Waals surface area contributed by atoms with E-state index in [-0.39, 0.29) is 71.5 Å². The topological polar surface area (TPSA) is 102 Å². The van der Waals surface area contributed by atoms with Gasteiger partial charge in [-0.15, -0.1) is 0 Å². The van der Waals surface area contributed by atoms with Crippen molar-refractivity contribution in [2.75, 3.05) is 0 Å². The third kappa shape index (κ3) is 7.49. The lowest BCUT2D eigenvalue weighted by Crippen LogP contribution is -2.37. The van der Waals surface area contributed by atoms with Gasteiger partial charge in [-0.2, -0.15) is 0 Å². The normalized spacial score (nSPS) is 27.0. The van der Waals surface area contributed by atoms with Gasteiger partial charge >= 0.3 is 0 Å². The molecule has 0 aromatic heterocycles. The minimum Gasteiger partial charge on any atom is -0.300 e. The lowest BCUT2D eigenvalue weighted by molar-refractivity contribution is -0.141. The monoisotopic (exact) mass is 540 g/mol. The van der Waals surface area contributed by atoms with Crippen LogP contribution in [0.4, 0.5) is 0 Å². The van der Waals surface area contributed by atoms with Crippen LogP contribution in [0.15, 0.2) is 12.7 Å². The van der Waals surface area contributed by atoms with Crippen LogP contribution in [0.1, 0.15) is 106 Å². The highest BCUT2D eigenvalue weighted by Gasteiger charge is 2.69. The second kappa shape index (κ2) is 12.1. The minimum atomic E-state index is -0.619. The highest BCUT2D eigenvalue weighted by Crippen LogP contribution is 2.71. The summed E-state index contributed by atoms with van der Waals surface area (Å²) in [5.74, 6) is -2.91. The Hall–Kier alpha value is -2.24. The number of carbonyl (C=O) groups is 6. The fourth-order valence-corrected chi connectivity index (χ4v) is 7.42. The first-order chi connectivity index (χ1) is 18.1. The second-order valence-electron chi connectivity index (χ2n) is 14.4. The molecule has 216 valence electrons. The lowest BCUT2D eigenvalue weighted by atomic mass is 9.71. The van der Waals surface area contributed by atoms with Crippen molar-refractivity contribution >= 4 is 34.7 Å². The number of fused-ring (bicyclic) bond motifs is 1. The van der Waals surface area contributed by atoms with E-state index in [1.807, 2.05) is 20.8 Å². The Kier molecular flexibility index (Phi) is 9.71. The quantitative estimate of drug-likeness (QED) is 0.177. The summed E-state index contributed by atoms with van der Waals surface area (Å²) in [6.45, 7) is 15.0. The van der Waals surface area contributed by atoms with Crippen molar-refractivity contribution in [3.8, 4) is 0 Å². The molecule has 0 aromatic carbocycles. The molecule has 3 aliphatic carbocycles. The van der Waals surface area contributed by atoms with Crippen LogP contribution in [0.5, 0.6) is 0 Å². The van der Waals surface area contributed by atoms with Gasteiger partial charge in [0, 0.05) is 56.3 Å². The zero-order chi connectivity index (χ0) is 29.3. The smallest absolute Gasteiger partial charge is 0.201 e. The fourth-order valence-electron chi connectivity index (χ4n) is 7.42. The second-order valence-corrected chi connectivity index (χ2v) is 14.4. The Balaban J connectivity index is 1.82. The van der Waals surface area contributed by atoms with Gasteiger partial charge in [-0.25, -0.2) is 0 Å². The Morgan fingerprint density at radius 2 is 1.64 bits per heavy atom. The zero-order valence-electron chi connectivity index (χ0n) is 24.8. The van der Waals surface area contributed by atoms with Gasteiger partial charge in [0.05, 0.1) is 0 Å². The van der Waals surface area contributed by atoms with Crippen molar-refractivity contribution in [1.29, 1.82) is 0 Å². The van der Waals surface area contributed by atoms with E-state index in [1.54, 1.807) is 0 Å². The molecule has 0 aliphatic heterocycles. The third-order valence-corrected chi connectivity index (χ3v) is 9.78. The molecule has 0 spiro atoms. The maximum atomic E-state index is 14.0. The summed E-state index contributed by atoms with van der Waals surface area (Å²) in [5.41, 5.74) is -0.265. The predicted octanol–water partition coefficient (Wildman–Crippen LogP) is 5.93. The molecule has 3 rings (SSSR count). The molecule has 0 N–H and O–H groups in total. The van der Waals surface area contributed by atoms with E-state index >= 15 is 0 Å². The summed E-state index contributed by atoms with van der Waals surface area (Å²) < 4.78 is 0. The first-order valence-electron chi connectivity index (χ1n) is 14.8. The third-order valence-electron chi connectivity index (χ3n) is 9.78. The maximum absolute atomic E-state index is 14.0. The Morgan fingerprint density at radius 1 is 1.00 bits per heavy atom. The van der Waals surface area contributed by atoms with Crippen molar-refractivity contribution in [1.82, 2.24) is 0 Å². The van der Waals surface area contributed by atoms with Crippen LogP contribution in [0.3, 0.4) is 0 Å². The van der Waals surface area contributed by atoms with Crippen molar-refractivity contribution in [3.05, 3.63) is 12.7 Å². The average molecular weight is 541 g/mol. The van der Waals surface area contributed by atoms with E-state index in [0.717, 1.165) is 19.3 Å². The predicted molar refractivity (Wildman–Crippen MR) is 150 cm³/mol. The standard InChI is InChI=1S/C33H48O6/c1-8-23(35)13-12-21(15-24(36)18-32(3,4)5)31(39)25-17-26-29(33(26,6)7)28(25)27(37)16-22(30(38)19(2)34)14-20-10-9-11-20/h8,20-22,25-26,28-29H,1,9-18H2,2-7H3.